The molecule has 2 aromatic carbocycles. The summed E-state index contributed by atoms with van der Waals surface area (Å²) >= 11 is 13.5. The van der Waals surface area contributed by atoms with Crippen molar-refractivity contribution in [1.82, 2.24) is 4.90 Å². The van der Waals surface area contributed by atoms with E-state index in [0.29, 0.717) is 21.5 Å². The molecule has 1 aliphatic rings. The predicted molar refractivity (Wildman–Crippen MR) is 103 cm³/mol. The van der Waals surface area contributed by atoms with Gasteiger partial charge in [-0.05, 0) is 36.8 Å². The maximum Gasteiger partial charge on any atom is 0.244 e. The summed E-state index contributed by atoms with van der Waals surface area (Å²) in [4.78, 5) is 26.1. The molecule has 0 saturated carbocycles. The molecule has 0 radical (unpaired) electrons. The van der Waals surface area contributed by atoms with Gasteiger partial charge in [-0.25, -0.2) is 0 Å². The molecule has 0 aromatic heterocycles. The highest BCUT2D eigenvalue weighted by Gasteiger charge is 2.34. The van der Waals surface area contributed by atoms with Crippen LogP contribution in [0.2, 0.25) is 10.0 Å². The van der Waals surface area contributed by atoms with Gasteiger partial charge in [0.2, 0.25) is 11.8 Å². The first-order chi connectivity index (χ1) is 11.9. The van der Waals surface area contributed by atoms with Crippen molar-refractivity contribution in [2.24, 2.45) is 0 Å². The summed E-state index contributed by atoms with van der Waals surface area (Å²) < 4.78 is 0. The number of nitrogens with one attached hydrogen (secondary N) is 1. The molecule has 3 rings (SSSR count). The zero-order chi connectivity index (χ0) is 18.0. The fourth-order valence-electron chi connectivity index (χ4n) is 2.56. The largest absolute Gasteiger partial charge is 0.325 e. The number of nitrogens with zero attached hydrogens (tertiary/aromatic N) is 1. The number of carbonyl (C=O) groups excluding carboxylic acids is 2. The molecule has 2 amide bonds. The Morgan fingerprint density at radius 3 is 2.60 bits per heavy atom. The molecule has 1 atom stereocenters. The van der Waals surface area contributed by atoms with E-state index in [2.05, 4.69) is 5.32 Å². The van der Waals surface area contributed by atoms with E-state index >= 15 is 0 Å². The zero-order valence-corrected chi connectivity index (χ0v) is 15.8. The molecule has 1 heterocycles. The molecule has 4 nitrogen and oxygen atoms in total. The lowest BCUT2D eigenvalue weighted by Crippen LogP contribution is -2.36. The van der Waals surface area contributed by atoms with Crippen LogP contribution in [-0.4, -0.2) is 29.0 Å². The van der Waals surface area contributed by atoms with Crippen LogP contribution in [0.4, 0.5) is 5.69 Å². The number of benzene rings is 2. The number of rotatable bonds is 4. The van der Waals surface area contributed by atoms with E-state index in [-0.39, 0.29) is 23.7 Å². The topological polar surface area (TPSA) is 49.4 Å². The van der Waals surface area contributed by atoms with E-state index in [1.165, 1.54) is 11.8 Å². The van der Waals surface area contributed by atoms with E-state index in [1.807, 2.05) is 37.3 Å². The van der Waals surface area contributed by atoms with Gasteiger partial charge < -0.3 is 10.2 Å². The molecule has 7 heteroatoms. The number of aryl methyl sites for hydroxylation is 1. The van der Waals surface area contributed by atoms with Crippen LogP contribution >= 0.6 is 35.0 Å². The highest BCUT2D eigenvalue weighted by Crippen LogP contribution is 2.40. The van der Waals surface area contributed by atoms with Crippen LogP contribution in [0.5, 0.6) is 0 Å². The highest BCUT2D eigenvalue weighted by molar-refractivity contribution is 8.00. The fraction of sp³-hybridized carbons (Fsp3) is 0.222. The summed E-state index contributed by atoms with van der Waals surface area (Å²) in [5.74, 6) is 0.0350. The van der Waals surface area contributed by atoms with Crippen molar-refractivity contribution in [2.45, 2.75) is 12.3 Å². The van der Waals surface area contributed by atoms with Gasteiger partial charge >= 0.3 is 0 Å². The summed E-state index contributed by atoms with van der Waals surface area (Å²) in [5, 5.41) is 3.47. The Bertz CT molecular complexity index is 811. The Balaban J connectivity index is 1.72. The first-order valence-corrected chi connectivity index (χ1v) is 9.47. The number of anilines is 1. The van der Waals surface area contributed by atoms with Crippen molar-refractivity contribution in [1.29, 1.82) is 0 Å². The van der Waals surface area contributed by atoms with E-state index in [0.717, 1.165) is 11.1 Å². The van der Waals surface area contributed by atoms with Crippen molar-refractivity contribution < 1.29 is 9.59 Å². The SMILES string of the molecule is Cc1ccc(NC(=O)CN2C(=O)CS[C@@H]2c2ccc(Cl)c(Cl)c2)cc1. The number of hydrogen-bond acceptors (Lipinski definition) is 3. The minimum atomic E-state index is -0.244. The third-order valence-corrected chi connectivity index (χ3v) is 5.84. The predicted octanol–water partition coefficient (Wildman–Crippen LogP) is 4.51. The Morgan fingerprint density at radius 1 is 1.20 bits per heavy atom. The molecule has 25 heavy (non-hydrogen) atoms. The van der Waals surface area contributed by atoms with Crippen molar-refractivity contribution in [3.8, 4) is 0 Å². The number of amides is 2. The third kappa shape index (κ3) is 4.29. The van der Waals surface area contributed by atoms with Gasteiger partial charge in [0.15, 0.2) is 0 Å². The van der Waals surface area contributed by atoms with Crippen molar-refractivity contribution in [3.63, 3.8) is 0 Å². The molecule has 1 N–H and O–H groups in total. The standard InChI is InChI=1S/C18H16Cl2N2O2S/c1-11-2-5-13(6-3-11)21-16(23)9-22-17(24)10-25-18(22)12-4-7-14(19)15(20)8-12/h2-8,18H,9-10H2,1H3,(H,21,23)/t18-/m1/s1. The Morgan fingerprint density at radius 2 is 1.92 bits per heavy atom. The van der Waals surface area contributed by atoms with Gasteiger partial charge in [-0.3, -0.25) is 9.59 Å². The zero-order valence-electron chi connectivity index (χ0n) is 13.5. The molecule has 2 aromatic rings. The van der Waals surface area contributed by atoms with Crippen LogP contribution in [0.3, 0.4) is 0 Å². The second-order valence-corrected chi connectivity index (χ2v) is 7.66. The van der Waals surface area contributed by atoms with Crippen molar-refractivity contribution >= 4 is 52.5 Å². The summed E-state index contributed by atoms with van der Waals surface area (Å²) in [6.45, 7) is 1.97. The van der Waals surface area contributed by atoms with Crippen LogP contribution in [-0.2, 0) is 9.59 Å². The Hall–Kier alpha value is -1.69. The van der Waals surface area contributed by atoms with Gasteiger partial charge in [0.25, 0.3) is 0 Å². The average molecular weight is 395 g/mol. The molecular weight excluding hydrogens is 379 g/mol. The monoisotopic (exact) mass is 394 g/mol. The molecular formula is C18H16Cl2N2O2S. The fourth-order valence-corrected chi connectivity index (χ4v) is 4.04. The van der Waals surface area contributed by atoms with E-state index in [4.69, 9.17) is 23.2 Å². The normalized spacial score (nSPS) is 17.0. The smallest absolute Gasteiger partial charge is 0.244 e. The number of carbonyl (C=O) groups is 2. The molecule has 0 aliphatic carbocycles. The van der Waals surface area contributed by atoms with Gasteiger partial charge in [0, 0.05) is 5.69 Å². The van der Waals surface area contributed by atoms with Gasteiger partial charge in [-0.15, -0.1) is 11.8 Å². The second-order valence-electron chi connectivity index (χ2n) is 5.77. The quantitative estimate of drug-likeness (QED) is 0.829. The van der Waals surface area contributed by atoms with Gasteiger partial charge in [-0.1, -0.05) is 47.0 Å². The molecule has 1 aliphatic heterocycles. The van der Waals surface area contributed by atoms with E-state index < -0.39 is 0 Å². The number of thioether (sulfide) groups is 1. The Labute approximate surface area is 160 Å². The molecule has 130 valence electrons. The maximum absolute atomic E-state index is 12.3. The van der Waals surface area contributed by atoms with E-state index in [9.17, 15) is 9.59 Å². The van der Waals surface area contributed by atoms with Gasteiger partial charge in [0.1, 0.15) is 11.9 Å². The van der Waals surface area contributed by atoms with E-state index in [1.54, 1.807) is 17.0 Å². The van der Waals surface area contributed by atoms with Crippen LogP contribution in [0, 0.1) is 6.92 Å². The first kappa shape index (κ1) is 18.1. The minimum absolute atomic E-state index is 0.00930. The number of halogens is 2. The van der Waals surface area contributed by atoms with Crippen LogP contribution in [0.1, 0.15) is 16.5 Å². The number of hydrogen-bond donors (Lipinski definition) is 1. The Kier molecular flexibility index (Phi) is 5.57. The summed E-state index contributed by atoms with van der Waals surface area (Å²) in [7, 11) is 0. The van der Waals surface area contributed by atoms with Crippen molar-refractivity contribution in [2.75, 3.05) is 17.6 Å². The highest BCUT2D eigenvalue weighted by atomic mass is 35.5. The molecule has 1 fully saturated rings. The third-order valence-electron chi connectivity index (χ3n) is 3.85. The van der Waals surface area contributed by atoms with Crippen LogP contribution < -0.4 is 5.32 Å². The molecule has 1 saturated heterocycles. The average Bonchev–Trinajstić information content (AvgIpc) is 2.93. The van der Waals surface area contributed by atoms with Crippen molar-refractivity contribution in [3.05, 3.63) is 63.6 Å². The first-order valence-electron chi connectivity index (χ1n) is 7.66. The van der Waals surface area contributed by atoms with Crippen LogP contribution in [0.25, 0.3) is 0 Å². The summed E-state index contributed by atoms with van der Waals surface area (Å²) in [6.07, 6.45) is 0. The lowest BCUT2D eigenvalue weighted by Gasteiger charge is -2.24. The second kappa shape index (κ2) is 7.68. The molecule has 0 spiro atoms. The summed E-state index contributed by atoms with van der Waals surface area (Å²) in [6, 6.07) is 12.8. The van der Waals surface area contributed by atoms with Gasteiger partial charge in [0.05, 0.1) is 15.8 Å². The molecule has 0 bridgehead atoms. The lowest BCUT2D eigenvalue weighted by molar-refractivity contribution is -0.132. The molecule has 0 unspecified atom stereocenters. The van der Waals surface area contributed by atoms with Gasteiger partial charge in [-0.2, -0.15) is 0 Å². The maximum atomic E-state index is 12.3. The lowest BCUT2D eigenvalue weighted by atomic mass is 10.2. The minimum Gasteiger partial charge on any atom is -0.325 e. The summed E-state index contributed by atoms with van der Waals surface area (Å²) in [5.41, 5.74) is 2.68. The van der Waals surface area contributed by atoms with Crippen LogP contribution in [0.15, 0.2) is 42.5 Å².